The van der Waals surface area contributed by atoms with Gasteiger partial charge >= 0.3 is 0 Å². The van der Waals surface area contributed by atoms with Crippen LogP contribution in [0.4, 0.5) is 5.69 Å². The summed E-state index contributed by atoms with van der Waals surface area (Å²) in [6.45, 7) is 1.70. The minimum atomic E-state index is -0.129. The number of hydrogen-bond donors (Lipinski definition) is 1. The van der Waals surface area contributed by atoms with E-state index in [1.165, 1.54) is 4.88 Å². The Bertz CT molecular complexity index is 885. The minimum absolute atomic E-state index is 0.0164. The number of ether oxygens (including phenoxy) is 1. The van der Waals surface area contributed by atoms with E-state index in [4.69, 9.17) is 4.74 Å². The first kappa shape index (κ1) is 18.6. The first-order valence-electron chi connectivity index (χ1n) is 9.39. The fraction of sp³-hybridized carbons (Fsp3) is 0.286. The maximum absolute atomic E-state index is 12.9. The van der Waals surface area contributed by atoms with Crippen LogP contribution in [0.5, 0.6) is 11.6 Å². The van der Waals surface area contributed by atoms with Crippen LogP contribution in [0.2, 0.25) is 0 Å². The molecule has 28 heavy (non-hydrogen) atoms. The van der Waals surface area contributed by atoms with E-state index >= 15 is 0 Å². The fourth-order valence-corrected chi connectivity index (χ4v) is 3.97. The number of nitrogens with one attached hydrogen (secondary N) is 1. The Labute approximate surface area is 168 Å². The Morgan fingerprint density at radius 3 is 2.82 bits per heavy atom. The van der Waals surface area contributed by atoms with Crippen molar-refractivity contribution in [3.8, 4) is 11.6 Å². The zero-order valence-corrected chi connectivity index (χ0v) is 16.3. The number of carbonyl (C=O) groups is 1. The van der Waals surface area contributed by atoms with Crippen LogP contribution in [-0.4, -0.2) is 33.4 Å². The summed E-state index contributed by atoms with van der Waals surface area (Å²) in [5.74, 6) is 1.24. The highest BCUT2D eigenvalue weighted by Crippen LogP contribution is 2.23. The Morgan fingerprint density at radius 2 is 2.07 bits per heavy atom. The number of thiazole rings is 1. The van der Waals surface area contributed by atoms with Gasteiger partial charge in [-0.05, 0) is 37.6 Å². The third-order valence-corrected chi connectivity index (χ3v) is 5.49. The molecule has 0 aliphatic carbocycles. The largest absolute Gasteiger partial charge is 0.439 e. The number of piperidine rings is 1. The van der Waals surface area contributed by atoms with Gasteiger partial charge in [0.15, 0.2) is 0 Å². The number of benzene rings is 1. The normalized spacial score (nSPS) is 17.2. The summed E-state index contributed by atoms with van der Waals surface area (Å²) >= 11 is 1.63. The molecule has 0 radical (unpaired) electrons. The summed E-state index contributed by atoms with van der Waals surface area (Å²) in [5, 5.41) is 3.00. The van der Waals surface area contributed by atoms with Gasteiger partial charge in [0.2, 0.25) is 11.8 Å². The average molecular weight is 395 g/mol. The van der Waals surface area contributed by atoms with Crippen molar-refractivity contribution in [2.24, 2.45) is 0 Å². The summed E-state index contributed by atoms with van der Waals surface area (Å²) in [6, 6.07) is 12.9. The maximum Gasteiger partial charge on any atom is 0.241 e. The summed E-state index contributed by atoms with van der Waals surface area (Å²) in [4.78, 5) is 24.7. The van der Waals surface area contributed by atoms with Gasteiger partial charge < -0.3 is 10.1 Å². The molecular weight excluding hydrogens is 372 g/mol. The molecule has 2 aromatic heterocycles. The fourth-order valence-electron chi connectivity index (χ4n) is 3.35. The first-order chi connectivity index (χ1) is 13.8. The van der Waals surface area contributed by atoms with Gasteiger partial charge in [-0.15, -0.1) is 11.3 Å². The van der Waals surface area contributed by atoms with Crippen LogP contribution in [0.15, 0.2) is 60.4 Å². The number of pyridine rings is 1. The molecule has 1 fully saturated rings. The second-order valence-corrected chi connectivity index (χ2v) is 7.71. The van der Waals surface area contributed by atoms with Crippen molar-refractivity contribution in [1.29, 1.82) is 0 Å². The summed E-state index contributed by atoms with van der Waals surface area (Å²) in [6.07, 6.45) is 6.57. The highest BCUT2D eigenvalue weighted by atomic mass is 32.1. The lowest BCUT2D eigenvalue weighted by Gasteiger charge is -2.34. The highest BCUT2D eigenvalue weighted by molar-refractivity contribution is 7.09. The molecule has 1 amide bonds. The number of para-hydroxylation sites is 1. The number of aromatic nitrogens is 2. The zero-order valence-electron chi connectivity index (χ0n) is 15.5. The highest BCUT2D eigenvalue weighted by Gasteiger charge is 2.29. The lowest BCUT2D eigenvalue weighted by Crippen LogP contribution is -2.46. The van der Waals surface area contributed by atoms with Crippen molar-refractivity contribution in [3.05, 3.63) is 65.2 Å². The molecule has 0 saturated carbocycles. The van der Waals surface area contributed by atoms with Crippen molar-refractivity contribution >= 4 is 22.9 Å². The topological polar surface area (TPSA) is 67.3 Å². The van der Waals surface area contributed by atoms with E-state index in [9.17, 15) is 4.79 Å². The number of hydrogen-bond acceptors (Lipinski definition) is 6. The molecule has 1 atom stereocenters. The molecule has 1 aliphatic rings. The summed E-state index contributed by atoms with van der Waals surface area (Å²) in [5.41, 5.74) is 2.51. The second-order valence-electron chi connectivity index (χ2n) is 6.74. The predicted molar refractivity (Wildman–Crippen MR) is 110 cm³/mol. The van der Waals surface area contributed by atoms with E-state index in [0.29, 0.717) is 11.6 Å². The van der Waals surface area contributed by atoms with Crippen molar-refractivity contribution in [1.82, 2.24) is 14.9 Å². The van der Waals surface area contributed by atoms with Crippen LogP contribution < -0.4 is 10.1 Å². The van der Waals surface area contributed by atoms with Crippen LogP contribution in [0.1, 0.15) is 24.1 Å². The molecule has 3 aromatic rings. The Kier molecular flexibility index (Phi) is 5.94. The Balaban J connectivity index is 1.37. The van der Waals surface area contributed by atoms with E-state index in [1.54, 1.807) is 23.6 Å². The smallest absolute Gasteiger partial charge is 0.241 e. The van der Waals surface area contributed by atoms with Crippen molar-refractivity contribution in [3.63, 3.8) is 0 Å². The summed E-state index contributed by atoms with van der Waals surface area (Å²) < 4.78 is 5.69. The molecule has 7 heteroatoms. The number of nitrogens with zero attached hydrogens (tertiary/aromatic N) is 3. The Hall–Kier alpha value is -2.77. The number of carbonyl (C=O) groups excluding carboxylic acids is 1. The molecule has 1 saturated heterocycles. The third kappa shape index (κ3) is 4.74. The van der Waals surface area contributed by atoms with E-state index in [-0.39, 0.29) is 11.9 Å². The second kappa shape index (κ2) is 8.95. The number of amides is 1. The SMILES string of the molecule is O=C(Nc1ccc(Oc2ccccc2)nc1)C1CCCCN1Cc1cncs1. The molecule has 144 valence electrons. The average Bonchev–Trinajstić information content (AvgIpc) is 3.24. The minimum Gasteiger partial charge on any atom is -0.439 e. The van der Waals surface area contributed by atoms with Gasteiger partial charge in [-0.25, -0.2) is 4.98 Å². The molecule has 1 unspecified atom stereocenters. The van der Waals surface area contributed by atoms with Gasteiger partial charge in [-0.2, -0.15) is 0 Å². The van der Waals surface area contributed by atoms with Crippen molar-refractivity contribution < 1.29 is 9.53 Å². The van der Waals surface area contributed by atoms with Crippen LogP contribution in [0, 0.1) is 0 Å². The molecule has 0 spiro atoms. The van der Waals surface area contributed by atoms with Gasteiger partial charge in [-0.3, -0.25) is 14.7 Å². The predicted octanol–water partition coefficient (Wildman–Crippen LogP) is 4.32. The molecule has 1 aromatic carbocycles. The zero-order chi connectivity index (χ0) is 19.2. The van der Waals surface area contributed by atoms with E-state index < -0.39 is 0 Å². The van der Waals surface area contributed by atoms with E-state index in [1.807, 2.05) is 48.1 Å². The Morgan fingerprint density at radius 1 is 1.18 bits per heavy atom. The number of anilines is 1. The van der Waals surface area contributed by atoms with Gasteiger partial charge in [0, 0.05) is 23.7 Å². The molecule has 1 N–H and O–H groups in total. The standard InChI is InChI=1S/C21H22N4O2S/c26-21(19-8-4-5-11-25(19)14-18-13-22-15-28-18)24-16-9-10-20(23-12-16)27-17-6-2-1-3-7-17/h1-3,6-7,9-10,12-13,15,19H,4-5,8,11,14H2,(H,24,26). The maximum atomic E-state index is 12.9. The lowest BCUT2D eigenvalue weighted by atomic mass is 10.0. The number of likely N-dealkylation sites (tertiary alicyclic amines) is 1. The van der Waals surface area contributed by atoms with Crippen LogP contribution in [-0.2, 0) is 11.3 Å². The van der Waals surface area contributed by atoms with Gasteiger partial charge in [0.1, 0.15) is 5.75 Å². The van der Waals surface area contributed by atoms with Crippen molar-refractivity contribution in [2.45, 2.75) is 31.8 Å². The van der Waals surface area contributed by atoms with Crippen LogP contribution in [0.25, 0.3) is 0 Å². The molecule has 0 bridgehead atoms. The molecule has 1 aliphatic heterocycles. The van der Waals surface area contributed by atoms with Crippen LogP contribution >= 0.6 is 11.3 Å². The summed E-state index contributed by atoms with van der Waals surface area (Å²) in [7, 11) is 0. The molecule has 4 rings (SSSR count). The molecule has 3 heterocycles. The molecule has 6 nitrogen and oxygen atoms in total. The van der Waals surface area contributed by atoms with E-state index in [2.05, 4.69) is 20.2 Å². The van der Waals surface area contributed by atoms with Gasteiger partial charge in [0.25, 0.3) is 0 Å². The van der Waals surface area contributed by atoms with Crippen molar-refractivity contribution in [2.75, 3.05) is 11.9 Å². The van der Waals surface area contributed by atoms with Gasteiger partial charge in [-0.1, -0.05) is 24.6 Å². The third-order valence-electron chi connectivity index (χ3n) is 4.73. The number of rotatable bonds is 6. The van der Waals surface area contributed by atoms with Crippen LogP contribution in [0.3, 0.4) is 0 Å². The van der Waals surface area contributed by atoms with Gasteiger partial charge in [0.05, 0.1) is 23.4 Å². The lowest BCUT2D eigenvalue weighted by molar-refractivity contribution is -0.122. The monoisotopic (exact) mass is 394 g/mol. The quantitative estimate of drug-likeness (QED) is 0.674. The first-order valence-corrected chi connectivity index (χ1v) is 10.3. The van der Waals surface area contributed by atoms with E-state index in [0.717, 1.165) is 38.1 Å². The molecular formula is C21H22N4O2S.